The maximum absolute atomic E-state index is 14.3. The third-order valence-electron chi connectivity index (χ3n) is 3.64. The summed E-state index contributed by atoms with van der Waals surface area (Å²) in [5.74, 6) is -0.785. The Labute approximate surface area is 157 Å². The van der Waals surface area contributed by atoms with Crippen LogP contribution in [0.1, 0.15) is 30.3 Å². The van der Waals surface area contributed by atoms with Crippen molar-refractivity contribution in [2.24, 2.45) is 0 Å². The lowest BCUT2D eigenvalue weighted by Gasteiger charge is -2.19. The zero-order valence-corrected chi connectivity index (χ0v) is 15.7. The van der Waals surface area contributed by atoms with Crippen molar-refractivity contribution in [3.05, 3.63) is 45.8 Å². The Hall–Kier alpha value is -1.94. The van der Waals surface area contributed by atoms with Crippen LogP contribution in [0.4, 0.5) is 10.1 Å². The number of halogens is 2. The Morgan fingerprint density at radius 1 is 1.56 bits per heavy atom. The van der Waals surface area contributed by atoms with Crippen LogP contribution >= 0.6 is 22.6 Å². The molecule has 0 aromatic carbocycles. The quantitative estimate of drug-likeness (QED) is 0.385. The molecule has 0 aliphatic heterocycles. The smallest absolute Gasteiger partial charge is 0.312 e. The predicted molar refractivity (Wildman–Crippen MR) is 101 cm³/mol. The lowest BCUT2D eigenvalue weighted by molar-refractivity contribution is 0.0295. The third-order valence-corrected chi connectivity index (χ3v) is 4.39. The molecule has 2 N–H and O–H groups in total. The van der Waals surface area contributed by atoms with Crippen LogP contribution in [-0.4, -0.2) is 23.5 Å². The van der Waals surface area contributed by atoms with Gasteiger partial charge < -0.3 is 9.73 Å². The molecule has 0 saturated carbocycles. The zero-order chi connectivity index (χ0) is 17.8. The van der Waals surface area contributed by atoms with Gasteiger partial charge in [-0.2, -0.15) is 0 Å². The number of amides is 1. The van der Waals surface area contributed by atoms with Crippen LogP contribution in [-0.2, 0) is 4.84 Å². The number of hydrogen-bond donors (Lipinski definition) is 2. The summed E-state index contributed by atoms with van der Waals surface area (Å²) in [5.41, 5.74) is 3.23. The summed E-state index contributed by atoms with van der Waals surface area (Å²) in [6, 6.07) is 1.09. The van der Waals surface area contributed by atoms with Crippen LogP contribution in [0.2, 0.25) is 0 Å². The van der Waals surface area contributed by atoms with E-state index in [4.69, 9.17) is 9.25 Å². The van der Waals surface area contributed by atoms with E-state index in [1.165, 1.54) is 6.08 Å². The van der Waals surface area contributed by atoms with Crippen LogP contribution in [0.3, 0.4) is 0 Å². The first-order valence-corrected chi connectivity index (χ1v) is 8.96. The van der Waals surface area contributed by atoms with Crippen molar-refractivity contribution in [3.63, 3.8) is 0 Å². The largest absolute Gasteiger partial charge is 0.448 e. The Bertz CT molecular complexity index is 847. The summed E-state index contributed by atoms with van der Waals surface area (Å²) >= 11 is 2.07. The minimum absolute atomic E-state index is 0.0381. The van der Waals surface area contributed by atoms with Crippen LogP contribution in [0.5, 0.6) is 0 Å². The first kappa shape index (κ1) is 17.9. The van der Waals surface area contributed by atoms with Gasteiger partial charge in [0.05, 0.1) is 23.7 Å². The summed E-state index contributed by atoms with van der Waals surface area (Å²) < 4.78 is 20.7. The van der Waals surface area contributed by atoms with Gasteiger partial charge in [0.15, 0.2) is 0 Å². The summed E-state index contributed by atoms with van der Waals surface area (Å²) in [6.07, 6.45) is 7.77. The van der Waals surface area contributed by atoms with E-state index in [1.54, 1.807) is 18.5 Å². The molecule has 8 heteroatoms. The SMILES string of the molecule is CCCONC(=O)c1oc2ccncc2c1NC1CC=C(I)C=C1F. The number of rotatable bonds is 6. The Morgan fingerprint density at radius 2 is 2.40 bits per heavy atom. The number of hydroxylamine groups is 1. The van der Waals surface area contributed by atoms with Gasteiger partial charge in [0.2, 0.25) is 5.76 Å². The lowest BCUT2D eigenvalue weighted by Crippen LogP contribution is -2.27. The van der Waals surface area contributed by atoms with Gasteiger partial charge in [-0.25, -0.2) is 9.87 Å². The van der Waals surface area contributed by atoms with Gasteiger partial charge in [0, 0.05) is 16.0 Å². The van der Waals surface area contributed by atoms with E-state index >= 15 is 0 Å². The summed E-state index contributed by atoms with van der Waals surface area (Å²) in [4.78, 5) is 21.5. The van der Waals surface area contributed by atoms with E-state index in [2.05, 4.69) is 38.4 Å². The van der Waals surface area contributed by atoms with E-state index in [0.717, 1.165) is 10.0 Å². The topological polar surface area (TPSA) is 76.4 Å². The maximum Gasteiger partial charge on any atom is 0.312 e. The van der Waals surface area contributed by atoms with Gasteiger partial charge in [0.25, 0.3) is 0 Å². The molecule has 1 atom stereocenters. The van der Waals surface area contributed by atoms with Crippen LogP contribution in [0.25, 0.3) is 11.0 Å². The number of carbonyl (C=O) groups is 1. The fourth-order valence-electron chi connectivity index (χ4n) is 2.45. The molecular weight excluding hydrogens is 440 g/mol. The van der Waals surface area contributed by atoms with Crippen molar-refractivity contribution in [1.29, 1.82) is 0 Å². The minimum Gasteiger partial charge on any atom is -0.448 e. The second kappa shape index (κ2) is 7.96. The fourth-order valence-corrected chi connectivity index (χ4v) is 3.00. The number of nitrogens with zero attached hydrogens (tertiary/aromatic N) is 1. The van der Waals surface area contributed by atoms with Crippen molar-refractivity contribution < 1.29 is 18.4 Å². The van der Waals surface area contributed by atoms with Crippen molar-refractivity contribution in [2.75, 3.05) is 11.9 Å². The van der Waals surface area contributed by atoms with Gasteiger partial charge in [-0.1, -0.05) is 13.0 Å². The van der Waals surface area contributed by atoms with Gasteiger partial charge in [-0.15, -0.1) is 0 Å². The summed E-state index contributed by atoms with van der Waals surface area (Å²) in [6.45, 7) is 2.32. The van der Waals surface area contributed by atoms with E-state index in [-0.39, 0.29) is 11.6 Å². The molecule has 0 spiro atoms. The first-order valence-electron chi connectivity index (χ1n) is 7.88. The van der Waals surface area contributed by atoms with Gasteiger partial charge in [-0.3, -0.25) is 14.6 Å². The Balaban J connectivity index is 1.91. The highest BCUT2D eigenvalue weighted by Gasteiger charge is 2.25. The van der Waals surface area contributed by atoms with Crippen LogP contribution in [0, 0.1) is 0 Å². The molecule has 0 fully saturated rings. The molecule has 0 bridgehead atoms. The molecule has 0 saturated heterocycles. The lowest BCUT2D eigenvalue weighted by atomic mass is 10.1. The second-order valence-corrected chi connectivity index (χ2v) is 6.75. The van der Waals surface area contributed by atoms with Gasteiger partial charge in [0.1, 0.15) is 11.4 Å². The summed E-state index contributed by atoms with van der Waals surface area (Å²) in [7, 11) is 0. The normalized spacial score (nSPS) is 17.2. The molecule has 0 radical (unpaired) electrons. The number of aromatic nitrogens is 1. The van der Waals surface area contributed by atoms with E-state index < -0.39 is 11.9 Å². The molecule has 1 unspecified atom stereocenters. The number of fused-ring (bicyclic) bond motifs is 1. The standard InChI is InChI=1S/C17H17FIN3O3/c1-2-7-24-22-17(23)16-15(11-9-20-6-5-14(11)25-16)21-13-4-3-10(19)8-12(13)18/h3,5-6,8-9,13,21H,2,4,7H2,1H3,(H,22,23). The molecule has 1 amide bonds. The summed E-state index contributed by atoms with van der Waals surface area (Å²) in [5, 5.41) is 3.68. The average Bonchev–Trinajstić information content (AvgIpc) is 2.96. The van der Waals surface area contributed by atoms with Crippen LogP contribution < -0.4 is 10.8 Å². The maximum atomic E-state index is 14.3. The Kier molecular flexibility index (Phi) is 5.69. The molecule has 2 aromatic rings. The molecule has 6 nitrogen and oxygen atoms in total. The van der Waals surface area contributed by atoms with E-state index in [1.807, 2.05) is 13.0 Å². The van der Waals surface area contributed by atoms with E-state index in [0.29, 0.717) is 29.7 Å². The number of furan rings is 1. The van der Waals surface area contributed by atoms with Gasteiger partial charge in [-0.05, 0) is 47.6 Å². The number of allylic oxidation sites excluding steroid dienone is 2. The average molecular weight is 457 g/mol. The second-order valence-electron chi connectivity index (χ2n) is 5.51. The van der Waals surface area contributed by atoms with Crippen molar-refractivity contribution in [2.45, 2.75) is 25.8 Å². The van der Waals surface area contributed by atoms with Crippen molar-refractivity contribution >= 4 is 45.2 Å². The number of nitrogens with one attached hydrogen (secondary N) is 2. The Morgan fingerprint density at radius 3 is 3.16 bits per heavy atom. The fraction of sp³-hybridized carbons (Fsp3) is 0.294. The van der Waals surface area contributed by atoms with Crippen LogP contribution in [0.15, 0.2) is 44.4 Å². The number of hydrogen-bond acceptors (Lipinski definition) is 5. The minimum atomic E-state index is -0.567. The molecule has 1 aliphatic rings. The molecule has 1 aliphatic carbocycles. The third kappa shape index (κ3) is 4.01. The van der Waals surface area contributed by atoms with Crippen molar-refractivity contribution in [3.8, 4) is 0 Å². The monoisotopic (exact) mass is 457 g/mol. The molecule has 3 rings (SSSR count). The predicted octanol–water partition coefficient (Wildman–Crippen LogP) is 4.26. The molecular formula is C17H17FIN3O3. The van der Waals surface area contributed by atoms with Crippen molar-refractivity contribution in [1.82, 2.24) is 10.5 Å². The van der Waals surface area contributed by atoms with Gasteiger partial charge >= 0.3 is 5.91 Å². The number of anilines is 1. The molecule has 25 heavy (non-hydrogen) atoms. The zero-order valence-electron chi connectivity index (χ0n) is 13.5. The molecule has 2 heterocycles. The molecule has 132 valence electrons. The highest BCUT2D eigenvalue weighted by molar-refractivity contribution is 14.1. The number of pyridine rings is 1. The number of carbonyl (C=O) groups excluding carboxylic acids is 1. The molecule has 2 aromatic heterocycles. The highest BCUT2D eigenvalue weighted by Crippen LogP contribution is 2.33. The first-order chi connectivity index (χ1) is 12.1. The highest BCUT2D eigenvalue weighted by atomic mass is 127. The van der Waals surface area contributed by atoms with E-state index in [9.17, 15) is 9.18 Å².